The summed E-state index contributed by atoms with van der Waals surface area (Å²) in [7, 11) is 0. The van der Waals surface area contributed by atoms with E-state index < -0.39 is 0 Å². The number of aromatic nitrogens is 2. The van der Waals surface area contributed by atoms with Crippen molar-refractivity contribution in [1.82, 2.24) is 9.55 Å². The van der Waals surface area contributed by atoms with Crippen LogP contribution < -0.4 is 11.3 Å². The minimum atomic E-state index is -0.140. The van der Waals surface area contributed by atoms with Crippen LogP contribution in [0.15, 0.2) is 40.3 Å². The maximum absolute atomic E-state index is 12.0. The lowest BCUT2D eigenvalue weighted by Crippen LogP contribution is -2.23. The van der Waals surface area contributed by atoms with Gasteiger partial charge in [0.05, 0.1) is 6.54 Å². The monoisotopic (exact) mass is 295 g/mol. The highest BCUT2D eigenvalue weighted by Gasteiger charge is 2.08. The van der Waals surface area contributed by atoms with Gasteiger partial charge < -0.3 is 5.73 Å². The van der Waals surface area contributed by atoms with Gasteiger partial charge in [0.2, 0.25) is 0 Å². The van der Waals surface area contributed by atoms with Crippen LogP contribution in [0.1, 0.15) is 12.5 Å². The average molecular weight is 296 g/mol. The first kappa shape index (κ1) is 14.0. The lowest BCUT2D eigenvalue weighted by atomic mass is 10.2. The van der Waals surface area contributed by atoms with Crippen LogP contribution in [0.3, 0.4) is 0 Å². The summed E-state index contributed by atoms with van der Waals surface area (Å²) in [4.78, 5) is 16.2. The molecule has 0 fully saturated rings. The van der Waals surface area contributed by atoms with Crippen molar-refractivity contribution in [2.24, 2.45) is 0 Å². The van der Waals surface area contributed by atoms with Gasteiger partial charge in [-0.2, -0.15) is 0 Å². The molecule has 1 aromatic heterocycles. The van der Waals surface area contributed by atoms with Crippen molar-refractivity contribution in [2.75, 3.05) is 11.5 Å². The zero-order chi connectivity index (χ0) is 13.8. The van der Waals surface area contributed by atoms with Crippen LogP contribution in [-0.4, -0.2) is 15.3 Å². The molecule has 100 valence electrons. The maximum atomic E-state index is 12.0. The minimum absolute atomic E-state index is 0.140. The Kier molecular flexibility index (Phi) is 4.50. The van der Waals surface area contributed by atoms with Crippen LogP contribution in [0.2, 0.25) is 5.02 Å². The number of benzene rings is 1. The third-order valence-corrected chi connectivity index (χ3v) is 3.63. The van der Waals surface area contributed by atoms with Crippen molar-refractivity contribution in [1.29, 1.82) is 0 Å². The molecule has 4 nitrogen and oxygen atoms in total. The summed E-state index contributed by atoms with van der Waals surface area (Å²) in [6.07, 6.45) is 0. The topological polar surface area (TPSA) is 60.9 Å². The van der Waals surface area contributed by atoms with E-state index >= 15 is 0 Å². The van der Waals surface area contributed by atoms with Gasteiger partial charge in [-0.1, -0.05) is 42.4 Å². The molecule has 2 rings (SSSR count). The number of nitrogens with two attached hydrogens (primary N) is 1. The molecule has 0 unspecified atom stereocenters. The average Bonchev–Trinajstić information content (AvgIpc) is 2.36. The molecule has 0 saturated heterocycles. The van der Waals surface area contributed by atoms with E-state index in [0.29, 0.717) is 16.7 Å². The standard InChI is InChI=1S/C13H14ClN3OS/c1-2-19-13-16-11(15)7-12(18)17(13)8-9-3-5-10(14)6-4-9/h3-7H,2,8,15H2,1H3. The fourth-order valence-corrected chi connectivity index (χ4v) is 2.52. The fraction of sp³-hybridized carbons (Fsp3) is 0.231. The quantitative estimate of drug-likeness (QED) is 0.696. The van der Waals surface area contributed by atoms with Gasteiger partial charge in [-0.05, 0) is 23.4 Å². The van der Waals surface area contributed by atoms with Crippen LogP contribution in [0.25, 0.3) is 0 Å². The molecule has 19 heavy (non-hydrogen) atoms. The summed E-state index contributed by atoms with van der Waals surface area (Å²) in [5.74, 6) is 1.09. The Morgan fingerprint density at radius 1 is 1.37 bits per heavy atom. The van der Waals surface area contributed by atoms with Crippen molar-refractivity contribution in [3.8, 4) is 0 Å². The highest BCUT2D eigenvalue weighted by molar-refractivity contribution is 7.99. The molecule has 1 heterocycles. The lowest BCUT2D eigenvalue weighted by Gasteiger charge is -2.11. The first-order valence-electron chi connectivity index (χ1n) is 5.84. The van der Waals surface area contributed by atoms with E-state index in [1.807, 2.05) is 19.1 Å². The zero-order valence-corrected chi connectivity index (χ0v) is 12.0. The molecule has 0 saturated carbocycles. The van der Waals surface area contributed by atoms with Gasteiger partial charge in [0, 0.05) is 11.1 Å². The molecule has 0 bridgehead atoms. The van der Waals surface area contributed by atoms with E-state index in [-0.39, 0.29) is 11.4 Å². The Labute approximate surface area is 120 Å². The Morgan fingerprint density at radius 3 is 2.68 bits per heavy atom. The van der Waals surface area contributed by atoms with E-state index in [0.717, 1.165) is 11.3 Å². The van der Waals surface area contributed by atoms with Gasteiger partial charge in [-0.15, -0.1) is 0 Å². The number of hydrogen-bond acceptors (Lipinski definition) is 4. The SMILES string of the molecule is CCSc1nc(N)cc(=O)n1Cc1ccc(Cl)cc1. The summed E-state index contributed by atoms with van der Waals surface area (Å²) in [5, 5.41) is 1.32. The van der Waals surface area contributed by atoms with Crippen molar-refractivity contribution >= 4 is 29.2 Å². The number of thioether (sulfide) groups is 1. The molecular weight excluding hydrogens is 282 g/mol. The molecule has 0 spiro atoms. The number of nitrogen functional groups attached to an aromatic ring is 1. The molecule has 0 aliphatic heterocycles. The van der Waals surface area contributed by atoms with E-state index in [2.05, 4.69) is 4.98 Å². The van der Waals surface area contributed by atoms with Gasteiger partial charge in [0.15, 0.2) is 5.16 Å². The molecule has 0 aliphatic rings. The molecule has 6 heteroatoms. The molecule has 0 radical (unpaired) electrons. The van der Waals surface area contributed by atoms with Crippen LogP contribution in [-0.2, 0) is 6.54 Å². The summed E-state index contributed by atoms with van der Waals surface area (Å²) in [5.41, 5.74) is 6.47. The van der Waals surface area contributed by atoms with Crippen LogP contribution in [0.4, 0.5) is 5.82 Å². The number of anilines is 1. The third kappa shape index (κ3) is 3.52. The lowest BCUT2D eigenvalue weighted by molar-refractivity contribution is 0.648. The predicted molar refractivity (Wildman–Crippen MR) is 79.9 cm³/mol. The van der Waals surface area contributed by atoms with Crippen LogP contribution >= 0.6 is 23.4 Å². The van der Waals surface area contributed by atoms with Gasteiger partial charge >= 0.3 is 0 Å². The van der Waals surface area contributed by atoms with E-state index in [4.69, 9.17) is 17.3 Å². The minimum Gasteiger partial charge on any atom is -0.383 e. The summed E-state index contributed by atoms with van der Waals surface area (Å²) in [6.45, 7) is 2.47. The summed E-state index contributed by atoms with van der Waals surface area (Å²) < 4.78 is 1.62. The van der Waals surface area contributed by atoms with Crippen molar-refractivity contribution < 1.29 is 0 Å². The summed E-state index contributed by atoms with van der Waals surface area (Å²) >= 11 is 7.34. The van der Waals surface area contributed by atoms with Gasteiger partial charge in [-0.25, -0.2) is 4.98 Å². The molecule has 2 aromatic rings. The van der Waals surface area contributed by atoms with Crippen LogP contribution in [0.5, 0.6) is 0 Å². The second-order valence-electron chi connectivity index (χ2n) is 3.95. The largest absolute Gasteiger partial charge is 0.383 e. The molecule has 0 amide bonds. The Hall–Kier alpha value is -1.46. The number of hydrogen-bond donors (Lipinski definition) is 1. The first-order valence-corrected chi connectivity index (χ1v) is 7.21. The van der Waals surface area contributed by atoms with E-state index in [9.17, 15) is 4.79 Å². The molecule has 0 aliphatic carbocycles. The van der Waals surface area contributed by atoms with Crippen molar-refractivity contribution in [2.45, 2.75) is 18.6 Å². The van der Waals surface area contributed by atoms with Gasteiger partial charge in [-0.3, -0.25) is 9.36 Å². The number of nitrogens with zero attached hydrogens (tertiary/aromatic N) is 2. The highest BCUT2D eigenvalue weighted by atomic mass is 35.5. The normalized spacial score (nSPS) is 10.6. The molecule has 0 atom stereocenters. The van der Waals surface area contributed by atoms with Crippen molar-refractivity contribution in [3.63, 3.8) is 0 Å². The van der Waals surface area contributed by atoms with E-state index in [1.165, 1.54) is 17.8 Å². The second kappa shape index (κ2) is 6.12. The van der Waals surface area contributed by atoms with Gasteiger partial charge in [0.25, 0.3) is 5.56 Å². The molecule has 2 N–H and O–H groups in total. The molecule has 1 aromatic carbocycles. The second-order valence-corrected chi connectivity index (χ2v) is 5.62. The maximum Gasteiger partial charge on any atom is 0.256 e. The first-order chi connectivity index (χ1) is 9.10. The fourth-order valence-electron chi connectivity index (χ4n) is 1.66. The molecular formula is C13H14ClN3OS. The third-order valence-electron chi connectivity index (χ3n) is 2.52. The van der Waals surface area contributed by atoms with Crippen LogP contribution in [0, 0.1) is 0 Å². The zero-order valence-electron chi connectivity index (χ0n) is 10.5. The highest BCUT2D eigenvalue weighted by Crippen LogP contribution is 2.16. The predicted octanol–water partition coefficient (Wildman–Crippen LogP) is 2.64. The smallest absolute Gasteiger partial charge is 0.256 e. The number of halogens is 1. The van der Waals surface area contributed by atoms with E-state index in [1.54, 1.807) is 16.7 Å². The summed E-state index contributed by atoms with van der Waals surface area (Å²) in [6, 6.07) is 8.74. The Balaban J connectivity index is 2.38. The Morgan fingerprint density at radius 2 is 2.05 bits per heavy atom. The number of rotatable bonds is 4. The van der Waals surface area contributed by atoms with Gasteiger partial charge in [0.1, 0.15) is 5.82 Å². The van der Waals surface area contributed by atoms with Crippen molar-refractivity contribution in [3.05, 3.63) is 51.3 Å². The Bertz CT molecular complexity index is 625.